The fourth-order valence-electron chi connectivity index (χ4n) is 3.79. The number of benzene rings is 2. The first kappa shape index (κ1) is 23.3. The summed E-state index contributed by atoms with van der Waals surface area (Å²) in [6, 6.07) is 11.6. The van der Waals surface area contributed by atoms with E-state index in [9.17, 15) is 13.2 Å². The van der Waals surface area contributed by atoms with Crippen LogP contribution in [0.3, 0.4) is 0 Å². The number of alkyl halides is 2. The van der Waals surface area contributed by atoms with Gasteiger partial charge in [-0.05, 0) is 41.3 Å². The smallest absolute Gasteiger partial charge is 0.193 e. The van der Waals surface area contributed by atoms with Crippen molar-refractivity contribution in [3.8, 4) is 11.1 Å². The van der Waals surface area contributed by atoms with Gasteiger partial charge in [0.15, 0.2) is 18.6 Å². The van der Waals surface area contributed by atoms with Gasteiger partial charge in [0.25, 0.3) is 0 Å². The maximum atomic E-state index is 14.8. The molecule has 0 bridgehead atoms. The van der Waals surface area contributed by atoms with Gasteiger partial charge in [-0.3, -0.25) is 0 Å². The first-order valence-electron chi connectivity index (χ1n) is 11.1. The fourth-order valence-corrected chi connectivity index (χ4v) is 3.79. The molecule has 33 heavy (non-hydrogen) atoms. The number of rotatable bonds is 6. The molecule has 0 N–H and O–H groups in total. The lowest BCUT2D eigenvalue weighted by molar-refractivity contribution is -0.202. The summed E-state index contributed by atoms with van der Waals surface area (Å²) in [5.74, 6) is -0.151. The summed E-state index contributed by atoms with van der Waals surface area (Å²) in [5.41, 5.74) is 2.42. The van der Waals surface area contributed by atoms with Crippen molar-refractivity contribution in [1.29, 1.82) is 0 Å². The molecule has 0 saturated carbocycles. The minimum absolute atomic E-state index is 0.0601. The summed E-state index contributed by atoms with van der Waals surface area (Å²) < 4.78 is 60.6. The summed E-state index contributed by atoms with van der Waals surface area (Å²) >= 11 is 0. The average Bonchev–Trinajstić information content (AvgIpc) is 2.83. The van der Waals surface area contributed by atoms with Crippen LogP contribution in [-0.2, 0) is 14.2 Å². The van der Waals surface area contributed by atoms with Crippen LogP contribution in [0.15, 0.2) is 72.7 Å². The number of allylic oxidation sites excluding steroid dienone is 5. The molecule has 2 atom stereocenters. The monoisotopic (exact) mass is 456 g/mol. The van der Waals surface area contributed by atoms with E-state index in [0.717, 1.165) is 6.42 Å². The molecular formula is C27H27F3O3. The summed E-state index contributed by atoms with van der Waals surface area (Å²) in [5, 5.41) is 0. The first-order valence-corrected chi connectivity index (χ1v) is 11.1. The van der Waals surface area contributed by atoms with E-state index in [-0.39, 0.29) is 11.3 Å². The zero-order valence-electron chi connectivity index (χ0n) is 18.6. The van der Waals surface area contributed by atoms with E-state index in [1.165, 1.54) is 24.5 Å². The zero-order valence-corrected chi connectivity index (χ0v) is 18.6. The highest BCUT2D eigenvalue weighted by molar-refractivity contribution is 5.75. The molecule has 1 fully saturated rings. The van der Waals surface area contributed by atoms with Crippen molar-refractivity contribution in [2.75, 3.05) is 13.2 Å². The second kappa shape index (κ2) is 10.4. The topological polar surface area (TPSA) is 27.7 Å². The van der Waals surface area contributed by atoms with Gasteiger partial charge in [0.1, 0.15) is 11.6 Å². The number of hydrogen-bond donors (Lipinski definition) is 0. The van der Waals surface area contributed by atoms with Crippen LogP contribution in [0.2, 0.25) is 0 Å². The van der Waals surface area contributed by atoms with Gasteiger partial charge < -0.3 is 14.2 Å². The Morgan fingerprint density at radius 1 is 0.970 bits per heavy atom. The van der Waals surface area contributed by atoms with Crippen molar-refractivity contribution in [1.82, 2.24) is 0 Å². The highest BCUT2D eigenvalue weighted by Crippen LogP contribution is 2.34. The van der Waals surface area contributed by atoms with Crippen LogP contribution in [0, 0.1) is 11.7 Å². The minimum atomic E-state index is -1.89. The molecule has 2 unspecified atom stereocenters. The summed E-state index contributed by atoms with van der Waals surface area (Å²) in [6.45, 7) is 5.08. The molecule has 3 nitrogen and oxygen atoms in total. The van der Waals surface area contributed by atoms with Crippen LogP contribution in [-0.4, -0.2) is 25.6 Å². The highest BCUT2D eigenvalue weighted by atomic mass is 19.2. The molecule has 2 aromatic carbocycles. The molecule has 0 radical (unpaired) electrons. The van der Waals surface area contributed by atoms with Crippen molar-refractivity contribution in [3.63, 3.8) is 0 Å². The Labute approximate surface area is 192 Å². The standard InChI is InChI=1S/C27H27F3O3/c1-3-4-13-31-24-12-11-22(25(29)26(24)30)19-7-5-18(6-8-19)21-10-9-20(14-23(21)28)27-32-15-17(2)16-33-27/h4-14,17,25-27H,3,15-16H2,1-2H3/b13-4-. The normalized spacial score (nSPS) is 25.6. The predicted molar refractivity (Wildman–Crippen MR) is 122 cm³/mol. The van der Waals surface area contributed by atoms with Gasteiger partial charge in [-0.25, -0.2) is 13.2 Å². The van der Waals surface area contributed by atoms with E-state index >= 15 is 0 Å². The molecule has 1 saturated heterocycles. The third-order valence-electron chi connectivity index (χ3n) is 5.65. The third-order valence-corrected chi connectivity index (χ3v) is 5.65. The molecule has 6 heteroatoms. The third kappa shape index (κ3) is 5.23. The molecule has 2 aromatic rings. The Hall–Kier alpha value is -2.83. The molecule has 4 rings (SSSR count). The molecule has 0 amide bonds. The van der Waals surface area contributed by atoms with Crippen molar-refractivity contribution < 1.29 is 27.4 Å². The number of hydrogen-bond acceptors (Lipinski definition) is 3. The lowest BCUT2D eigenvalue weighted by Gasteiger charge is -2.27. The summed E-state index contributed by atoms with van der Waals surface area (Å²) in [4.78, 5) is 0. The maximum Gasteiger partial charge on any atom is 0.193 e. The largest absolute Gasteiger partial charge is 0.466 e. The van der Waals surface area contributed by atoms with E-state index < -0.39 is 24.5 Å². The van der Waals surface area contributed by atoms with E-state index in [0.29, 0.717) is 41.4 Å². The Kier molecular flexibility index (Phi) is 7.36. The Morgan fingerprint density at radius 2 is 1.67 bits per heavy atom. The van der Waals surface area contributed by atoms with Gasteiger partial charge in [0.05, 0.1) is 19.5 Å². The zero-order chi connectivity index (χ0) is 23.4. The van der Waals surface area contributed by atoms with Gasteiger partial charge in [-0.15, -0.1) is 0 Å². The SMILES string of the molecule is CC/C=C\OC1=CC=C(c2ccc(-c3ccc(C4OCC(C)CO4)cc3F)cc2)C(F)C1F. The highest BCUT2D eigenvalue weighted by Gasteiger charge is 2.32. The Morgan fingerprint density at radius 3 is 2.33 bits per heavy atom. The van der Waals surface area contributed by atoms with Crippen molar-refractivity contribution in [2.24, 2.45) is 5.92 Å². The van der Waals surface area contributed by atoms with Crippen LogP contribution in [0.1, 0.15) is 37.7 Å². The number of ether oxygens (including phenoxy) is 3. The first-order chi connectivity index (χ1) is 16.0. The summed E-state index contributed by atoms with van der Waals surface area (Å²) in [6.07, 6.45) is 2.49. The van der Waals surface area contributed by atoms with Gasteiger partial charge in [0.2, 0.25) is 0 Å². The molecule has 0 spiro atoms. The van der Waals surface area contributed by atoms with Gasteiger partial charge in [0, 0.05) is 17.0 Å². The van der Waals surface area contributed by atoms with E-state index in [1.807, 2.05) is 13.8 Å². The average molecular weight is 457 g/mol. The minimum Gasteiger partial charge on any atom is -0.466 e. The van der Waals surface area contributed by atoms with Crippen LogP contribution in [0.4, 0.5) is 13.2 Å². The van der Waals surface area contributed by atoms with Gasteiger partial charge >= 0.3 is 0 Å². The summed E-state index contributed by atoms with van der Waals surface area (Å²) in [7, 11) is 0. The molecule has 1 aliphatic heterocycles. The van der Waals surface area contributed by atoms with Crippen LogP contribution in [0.25, 0.3) is 16.7 Å². The molecule has 174 valence electrons. The van der Waals surface area contributed by atoms with E-state index in [1.54, 1.807) is 42.5 Å². The van der Waals surface area contributed by atoms with E-state index in [4.69, 9.17) is 14.2 Å². The molecule has 1 aliphatic carbocycles. The van der Waals surface area contributed by atoms with E-state index in [2.05, 4.69) is 0 Å². The Balaban J connectivity index is 1.51. The van der Waals surface area contributed by atoms with Crippen LogP contribution < -0.4 is 0 Å². The number of halogens is 3. The maximum absolute atomic E-state index is 14.8. The van der Waals surface area contributed by atoms with Crippen LogP contribution >= 0.6 is 0 Å². The lowest BCUT2D eigenvalue weighted by atomic mass is 9.92. The van der Waals surface area contributed by atoms with Crippen molar-refractivity contribution >= 4 is 5.57 Å². The second-order valence-corrected chi connectivity index (χ2v) is 8.31. The molecule has 0 aromatic heterocycles. The van der Waals surface area contributed by atoms with Crippen LogP contribution in [0.5, 0.6) is 0 Å². The fraction of sp³-hybridized carbons (Fsp3) is 0.333. The van der Waals surface area contributed by atoms with Gasteiger partial charge in [-0.2, -0.15) is 0 Å². The lowest BCUT2D eigenvalue weighted by Crippen LogP contribution is -2.25. The van der Waals surface area contributed by atoms with Crippen molar-refractivity contribution in [2.45, 2.75) is 38.9 Å². The molecular weight excluding hydrogens is 429 g/mol. The Bertz CT molecular complexity index is 1050. The molecule has 1 heterocycles. The molecule has 2 aliphatic rings. The quantitative estimate of drug-likeness (QED) is 0.435. The van der Waals surface area contributed by atoms with Crippen molar-refractivity contribution in [3.05, 3.63) is 89.7 Å². The van der Waals surface area contributed by atoms with Gasteiger partial charge in [-0.1, -0.05) is 56.3 Å². The predicted octanol–water partition coefficient (Wildman–Crippen LogP) is 7.07. The second-order valence-electron chi connectivity index (χ2n) is 8.31.